The lowest BCUT2D eigenvalue weighted by molar-refractivity contribution is -0.118. The monoisotopic (exact) mass is 419 g/mol. The molecular formula is C20H21NO5S2. The highest BCUT2D eigenvalue weighted by atomic mass is 32.3. The summed E-state index contributed by atoms with van der Waals surface area (Å²) in [6.45, 7) is 1.92. The van der Waals surface area contributed by atoms with Crippen molar-refractivity contribution in [1.82, 2.24) is 5.32 Å². The zero-order valence-corrected chi connectivity index (χ0v) is 17.1. The Hall–Kier alpha value is -2.32. The molecule has 4 rings (SSSR count). The van der Waals surface area contributed by atoms with Crippen molar-refractivity contribution in [3.8, 4) is 5.75 Å². The smallest absolute Gasteiger partial charge is 0.348 e. The van der Waals surface area contributed by atoms with Gasteiger partial charge in [0.05, 0.1) is 0 Å². The number of hydrogen-bond acceptors (Lipinski definition) is 6. The second kappa shape index (κ2) is 7.60. The van der Waals surface area contributed by atoms with Gasteiger partial charge in [0.1, 0.15) is 17.1 Å². The van der Waals surface area contributed by atoms with Crippen molar-refractivity contribution >= 4 is 38.3 Å². The predicted molar refractivity (Wildman–Crippen MR) is 107 cm³/mol. The molecule has 6 nitrogen and oxygen atoms in total. The third-order valence-electron chi connectivity index (χ3n) is 4.76. The SMILES string of the molecule is CC(=O)NCCc1ccc(S(=O)(=O)Oc2ccc3oc4c(c3c2)CCCC4)s1. The number of thiophene rings is 1. The molecule has 148 valence electrons. The van der Waals surface area contributed by atoms with Crippen LogP contribution >= 0.6 is 11.3 Å². The van der Waals surface area contributed by atoms with Crippen LogP contribution in [0.1, 0.15) is 36.0 Å². The largest absolute Gasteiger partial charge is 0.461 e. The molecule has 0 aliphatic heterocycles. The molecule has 0 unspecified atom stereocenters. The summed E-state index contributed by atoms with van der Waals surface area (Å²) >= 11 is 1.16. The number of hydrogen-bond donors (Lipinski definition) is 1. The average Bonchev–Trinajstić information content (AvgIpc) is 3.26. The number of benzene rings is 1. The molecule has 1 aliphatic carbocycles. The molecule has 1 aromatic carbocycles. The van der Waals surface area contributed by atoms with Crippen LogP contribution in [0.5, 0.6) is 5.75 Å². The standard InChI is InChI=1S/C20H21NO5S2/c1-13(22)21-11-10-15-7-9-20(27-15)28(23,24)26-14-6-8-19-17(12-14)16-4-2-3-5-18(16)25-19/h6-9,12H,2-5,10-11H2,1H3,(H,21,22). The molecule has 8 heteroatoms. The highest BCUT2D eigenvalue weighted by Crippen LogP contribution is 2.35. The predicted octanol–water partition coefficient (Wildman–Crippen LogP) is 3.82. The topological polar surface area (TPSA) is 85.6 Å². The highest BCUT2D eigenvalue weighted by molar-refractivity contribution is 7.89. The van der Waals surface area contributed by atoms with E-state index in [0.717, 1.165) is 58.6 Å². The number of carbonyl (C=O) groups excluding carboxylic acids is 1. The van der Waals surface area contributed by atoms with Crippen LogP contribution in [-0.4, -0.2) is 20.9 Å². The van der Waals surface area contributed by atoms with Crippen molar-refractivity contribution in [1.29, 1.82) is 0 Å². The molecule has 2 aromatic heterocycles. The van der Waals surface area contributed by atoms with Crippen molar-refractivity contribution in [3.63, 3.8) is 0 Å². The number of rotatable bonds is 6. The highest BCUT2D eigenvalue weighted by Gasteiger charge is 2.22. The van der Waals surface area contributed by atoms with E-state index in [-0.39, 0.29) is 15.9 Å². The van der Waals surface area contributed by atoms with Crippen LogP contribution in [0.25, 0.3) is 11.0 Å². The van der Waals surface area contributed by atoms with E-state index in [4.69, 9.17) is 8.60 Å². The van der Waals surface area contributed by atoms with E-state index in [1.54, 1.807) is 30.3 Å². The number of fused-ring (bicyclic) bond motifs is 3. The number of nitrogens with one attached hydrogen (secondary N) is 1. The summed E-state index contributed by atoms with van der Waals surface area (Å²) in [5.74, 6) is 1.18. The Morgan fingerprint density at radius 3 is 2.86 bits per heavy atom. The molecule has 0 radical (unpaired) electrons. The fraction of sp³-hybridized carbons (Fsp3) is 0.350. The lowest BCUT2D eigenvalue weighted by Crippen LogP contribution is -2.22. The van der Waals surface area contributed by atoms with Gasteiger partial charge in [0, 0.05) is 35.7 Å². The van der Waals surface area contributed by atoms with Crippen LogP contribution in [-0.2, 0) is 34.2 Å². The van der Waals surface area contributed by atoms with Gasteiger partial charge in [-0.25, -0.2) is 0 Å². The molecule has 0 fully saturated rings. The van der Waals surface area contributed by atoms with Crippen molar-refractivity contribution in [2.24, 2.45) is 0 Å². The molecule has 28 heavy (non-hydrogen) atoms. The van der Waals surface area contributed by atoms with E-state index >= 15 is 0 Å². The van der Waals surface area contributed by atoms with E-state index in [1.165, 1.54) is 12.5 Å². The van der Waals surface area contributed by atoms with Gasteiger partial charge in [0.25, 0.3) is 0 Å². The number of carbonyl (C=O) groups is 1. The molecule has 2 heterocycles. The minimum Gasteiger partial charge on any atom is -0.461 e. The molecule has 1 aliphatic rings. The number of furan rings is 1. The third kappa shape index (κ3) is 3.93. The van der Waals surface area contributed by atoms with Crippen LogP contribution < -0.4 is 9.50 Å². The maximum Gasteiger partial charge on any atom is 0.348 e. The summed E-state index contributed by atoms with van der Waals surface area (Å²) in [5, 5.41) is 3.63. The molecule has 0 bridgehead atoms. The van der Waals surface area contributed by atoms with Gasteiger partial charge in [-0.15, -0.1) is 11.3 Å². The van der Waals surface area contributed by atoms with Gasteiger partial charge >= 0.3 is 10.1 Å². The van der Waals surface area contributed by atoms with Gasteiger partial charge in [0.2, 0.25) is 5.91 Å². The van der Waals surface area contributed by atoms with Gasteiger partial charge in [-0.3, -0.25) is 4.79 Å². The summed E-state index contributed by atoms with van der Waals surface area (Å²) in [7, 11) is -3.91. The third-order valence-corrected chi connectivity index (χ3v) is 7.60. The average molecular weight is 420 g/mol. The molecule has 1 amide bonds. The zero-order valence-electron chi connectivity index (χ0n) is 15.5. The van der Waals surface area contributed by atoms with Crippen molar-refractivity contribution in [3.05, 3.63) is 46.5 Å². The Bertz CT molecular complexity index is 1130. The van der Waals surface area contributed by atoms with Crippen LogP contribution in [0.3, 0.4) is 0 Å². The van der Waals surface area contributed by atoms with E-state index in [1.807, 2.05) is 0 Å². The lowest BCUT2D eigenvalue weighted by atomic mass is 9.96. The summed E-state index contributed by atoms with van der Waals surface area (Å²) in [6, 6.07) is 8.44. The minimum absolute atomic E-state index is 0.107. The molecule has 0 saturated heterocycles. The van der Waals surface area contributed by atoms with Gasteiger partial charge in [-0.2, -0.15) is 8.42 Å². The van der Waals surface area contributed by atoms with Crippen molar-refractivity contribution < 1.29 is 21.8 Å². The molecule has 1 N–H and O–H groups in total. The summed E-state index contributed by atoms with van der Waals surface area (Å²) in [4.78, 5) is 11.8. The summed E-state index contributed by atoms with van der Waals surface area (Å²) in [6.07, 6.45) is 4.68. The molecule has 0 saturated carbocycles. The maximum absolute atomic E-state index is 12.7. The van der Waals surface area contributed by atoms with E-state index in [0.29, 0.717) is 13.0 Å². The molecule has 0 spiro atoms. The first-order valence-corrected chi connectivity index (χ1v) is 11.5. The Kier molecular flexibility index (Phi) is 5.16. The van der Waals surface area contributed by atoms with Gasteiger partial charge in [0.15, 0.2) is 4.21 Å². The lowest BCUT2D eigenvalue weighted by Gasteiger charge is -2.09. The Balaban J connectivity index is 1.53. The van der Waals surface area contributed by atoms with Crippen LogP contribution in [0.15, 0.2) is 39.0 Å². The van der Waals surface area contributed by atoms with Crippen LogP contribution in [0, 0.1) is 0 Å². The minimum atomic E-state index is -3.91. The summed E-state index contributed by atoms with van der Waals surface area (Å²) < 4.78 is 36.7. The fourth-order valence-electron chi connectivity index (χ4n) is 3.45. The quantitative estimate of drug-likeness (QED) is 0.614. The first-order valence-electron chi connectivity index (χ1n) is 9.24. The van der Waals surface area contributed by atoms with Crippen molar-refractivity contribution in [2.75, 3.05) is 6.54 Å². The number of amides is 1. The zero-order chi connectivity index (χ0) is 19.7. The summed E-state index contributed by atoms with van der Waals surface area (Å²) in [5.41, 5.74) is 1.94. The number of aryl methyl sites for hydroxylation is 2. The van der Waals surface area contributed by atoms with Gasteiger partial charge < -0.3 is 13.9 Å². The normalized spacial score (nSPS) is 14.0. The van der Waals surface area contributed by atoms with Crippen LogP contribution in [0.2, 0.25) is 0 Å². The Morgan fingerprint density at radius 1 is 1.21 bits per heavy atom. The van der Waals surface area contributed by atoms with Gasteiger partial charge in [-0.1, -0.05) is 0 Å². The second-order valence-corrected chi connectivity index (χ2v) is 9.80. The molecule has 3 aromatic rings. The first kappa shape index (κ1) is 19.0. The molecular weight excluding hydrogens is 398 g/mol. The maximum atomic E-state index is 12.7. The molecule has 0 atom stereocenters. The van der Waals surface area contributed by atoms with E-state index in [9.17, 15) is 13.2 Å². The fourth-order valence-corrected chi connectivity index (χ4v) is 5.69. The van der Waals surface area contributed by atoms with Crippen LogP contribution in [0.4, 0.5) is 0 Å². The van der Waals surface area contributed by atoms with E-state index in [2.05, 4.69) is 5.32 Å². The Labute approximate surface area is 167 Å². The Morgan fingerprint density at radius 2 is 2.04 bits per heavy atom. The first-order chi connectivity index (χ1) is 13.4. The second-order valence-electron chi connectivity index (χ2n) is 6.86. The van der Waals surface area contributed by atoms with E-state index < -0.39 is 10.1 Å². The van der Waals surface area contributed by atoms with Crippen molar-refractivity contribution in [2.45, 2.75) is 43.2 Å². The van der Waals surface area contributed by atoms with Gasteiger partial charge in [-0.05, 0) is 56.0 Å².